The molecule has 0 unspecified atom stereocenters. The fourth-order valence-electron chi connectivity index (χ4n) is 3.76. The van der Waals surface area contributed by atoms with Gasteiger partial charge in [-0.2, -0.15) is 0 Å². The quantitative estimate of drug-likeness (QED) is 0.307. The minimum Gasteiger partial charge on any atom is -0.493 e. The molecule has 10 nitrogen and oxygen atoms in total. The number of likely N-dealkylation sites (tertiary alicyclic amines) is 1. The van der Waals surface area contributed by atoms with Gasteiger partial charge in [0.25, 0.3) is 16.8 Å². The van der Waals surface area contributed by atoms with Crippen LogP contribution in [0, 0.1) is 10.1 Å². The molecule has 0 aliphatic carbocycles. The van der Waals surface area contributed by atoms with Crippen LogP contribution >= 0.6 is 11.8 Å². The second kappa shape index (κ2) is 10.6. The molecule has 182 valence electrons. The first-order valence-corrected chi connectivity index (χ1v) is 11.7. The molecule has 0 saturated carbocycles. The van der Waals surface area contributed by atoms with E-state index >= 15 is 0 Å². The summed E-state index contributed by atoms with van der Waals surface area (Å²) in [6, 6.07) is 11.1. The first-order valence-electron chi connectivity index (χ1n) is 10.9. The van der Waals surface area contributed by atoms with Gasteiger partial charge in [0.15, 0.2) is 11.5 Å². The average molecular weight is 498 g/mol. The number of nitrogens with zero attached hydrogens (tertiary/aromatic N) is 3. The maximum atomic E-state index is 12.8. The Kier molecular flexibility index (Phi) is 7.35. The van der Waals surface area contributed by atoms with Gasteiger partial charge in [-0.05, 0) is 66.1 Å². The van der Waals surface area contributed by atoms with Crippen molar-refractivity contribution in [2.75, 3.05) is 26.7 Å². The van der Waals surface area contributed by atoms with Gasteiger partial charge in [0.1, 0.15) is 13.2 Å². The van der Waals surface area contributed by atoms with Gasteiger partial charge in [-0.3, -0.25) is 29.4 Å². The molecule has 0 N–H and O–H groups in total. The van der Waals surface area contributed by atoms with Crippen molar-refractivity contribution >= 4 is 40.6 Å². The zero-order chi connectivity index (χ0) is 24.9. The maximum Gasteiger partial charge on any atom is 0.294 e. The number of thioether (sulfide) groups is 1. The number of carbonyl (C=O) groups is 3. The van der Waals surface area contributed by atoms with E-state index < -0.39 is 16.1 Å². The lowest BCUT2D eigenvalue weighted by molar-refractivity contribution is -0.384. The molecular formula is C24H23N3O7S. The Morgan fingerprint density at radius 2 is 1.83 bits per heavy atom. The molecule has 2 heterocycles. The third kappa shape index (κ3) is 5.62. The number of rotatable bonds is 8. The van der Waals surface area contributed by atoms with Crippen molar-refractivity contribution in [2.24, 2.45) is 0 Å². The van der Waals surface area contributed by atoms with Crippen LogP contribution in [0.15, 0.2) is 47.4 Å². The molecule has 0 bridgehead atoms. The van der Waals surface area contributed by atoms with Gasteiger partial charge in [0.2, 0.25) is 5.91 Å². The molecule has 0 atom stereocenters. The molecule has 2 aromatic carbocycles. The van der Waals surface area contributed by atoms with E-state index in [1.807, 2.05) is 0 Å². The molecule has 0 radical (unpaired) electrons. The number of hydrogen-bond acceptors (Lipinski definition) is 8. The molecule has 2 fully saturated rings. The lowest BCUT2D eigenvalue weighted by Gasteiger charge is -2.18. The van der Waals surface area contributed by atoms with E-state index in [2.05, 4.69) is 0 Å². The summed E-state index contributed by atoms with van der Waals surface area (Å²) >= 11 is 0.792. The Morgan fingerprint density at radius 3 is 2.49 bits per heavy atom. The zero-order valence-corrected chi connectivity index (χ0v) is 19.8. The number of nitro groups is 1. The average Bonchev–Trinajstić information content (AvgIpc) is 3.48. The van der Waals surface area contributed by atoms with Gasteiger partial charge in [-0.15, -0.1) is 0 Å². The van der Waals surface area contributed by atoms with Crippen LogP contribution in [-0.4, -0.2) is 58.5 Å². The molecule has 2 aliphatic rings. The summed E-state index contributed by atoms with van der Waals surface area (Å²) in [5.74, 6) is 0.144. The Balaban J connectivity index is 1.46. The van der Waals surface area contributed by atoms with Crippen LogP contribution in [0.5, 0.6) is 11.5 Å². The number of ether oxygens (including phenoxy) is 2. The number of non-ortho nitro benzene ring substituents is 1. The van der Waals surface area contributed by atoms with Gasteiger partial charge in [-0.1, -0.05) is 6.07 Å². The summed E-state index contributed by atoms with van der Waals surface area (Å²) in [6.07, 6.45) is 3.43. The Bertz CT molecular complexity index is 1190. The number of methoxy groups -OCH3 is 1. The maximum absolute atomic E-state index is 12.8. The van der Waals surface area contributed by atoms with Gasteiger partial charge in [0, 0.05) is 25.2 Å². The monoisotopic (exact) mass is 497 g/mol. The first-order chi connectivity index (χ1) is 16.9. The normalized spacial score (nSPS) is 16.8. The Labute approximate surface area is 205 Å². The van der Waals surface area contributed by atoms with Crippen molar-refractivity contribution in [1.29, 1.82) is 0 Å². The first kappa shape index (κ1) is 24.3. The van der Waals surface area contributed by atoms with E-state index in [1.165, 1.54) is 19.2 Å². The minimum absolute atomic E-state index is 0.00981. The minimum atomic E-state index is -0.503. The molecule has 0 spiro atoms. The number of benzene rings is 2. The third-order valence-corrected chi connectivity index (χ3v) is 6.56. The van der Waals surface area contributed by atoms with Gasteiger partial charge >= 0.3 is 0 Å². The molecule has 4 rings (SSSR count). The molecule has 35 heavy (non-hydrogen) atoms. The summed E-state index contributed by atoms with van der Waals surface area (Å²) in [5, 5.41) is 10.3. The largest absolute Gasteiger partial charge is 0.493 e. The predicted octanol–water partition coefficient (Wildman–Crippen LogP) is 3.84. The van der Waals surface area contributed by atoms with E-state index in [0.29, 0.717) is 30.2 Å². The van der Waals surface area contributed by atoms with Crippen LogP contribution in [0.25, 0.3) is 6.08 Å². The predicted molar refractivity (Wildman–Crippen MR) is 129 cm³/mol. The molecular weight excluding hydrogens is 474 g/mol. The molecule has 3 amide bonds. The van der Waals surface area contributed by atoms with Gasteiger partial charge in [0.05, 0.1) is 16.9 Å². The van der Waals surface area contributed by atoms with E-state index in [1.54, 1.807) is 41.3 Å². The van der Waals surface area contributed by atoms with Crippen LogP contribution in [0.4, 0.5) is 10.5 Å². The fourth-order valence-corrected chi connectivity index (χ4v) is 4.60. The standard InChI is InChI=1S/C24H23N3O7S/c1-33-19-9-6-17(12-20(19)34-15-16-4-7-18(8-5-16)27(31)32)13-21-23(29)26(24(30)35-21)14-22(28)25-10-2-3-11-25/h4-9,12-13H,2-3,10-11,14-15H2,1H3/b21-13-. The van der Waals surface area contributed by atoms with Gasteiger partial charge in [-0.25, -0.2) is 0 Å². The summed E-state index contributed by atoms with van der Waals surface area (Å²) in [5.41, 5.74) is 1.33. The third-order valence-electron chi connectivity index (χ3n) is 5.65. The Hall–Kier alpha value is -3.86. The molecule has 2 aromatic rings. The number of carbonyl (C=O) groups excluding carboxylic acids is 3. The molecule has 2 saturated heterocycles. The second-order valence-corrected chi connectivity index (χ2v) is 8.97. The number of nitro benzene ring substituents is 1. The number of hydrogen-bond donors (Lipinski definition) is 0. The Morgan fingerprint density at radius 1 is 1.11 bits per heavy atom. The van der Waals surface area contributed by atoms with Crippen LogP contribution in [0.3, 0.4) is 0 Å². The SMILES string of the molecule is COc1ccc(/C=C2\SC(=O)N(CC(=O)N3CCCC3)C2=O)cc1OCc1ccc([N+](=O)[O-])cc1. The number of imide groups is 1. The molecule has 0 aromatic heterocycles. The second-order valence-electron chi connectivity index (χ2n) is 7.98. The van der Waals surface area contributed by atoms with Crippen molar-refractivity contribution in [3.8, 4) is 11.5 Å². The highest BCUT2D eigenvalue weighted by Crippen LogP contribution is 2.35. The van der Waals surface area contributed by atoms with Crippen molar-refractivity contribution < 1.29 is 28.8 Å². The van der Waals surface area contributed by atoms with Crippen molar-refractivity contribution in [3.05, 3.63) is 68.6 Å². The lowest BCUT2D eigenvalue weighted by atomic mass is 10.1. The van der Waals surface area contributed by atoms with E-state index in [-0.39, 0.29) is 29.7 Å². The summed E-state index contributed by atoms with van der Waals surface area (Å²) in [6.45, 7) is 1.19. The van der Waals surface area contributed by atoms with Gasteiger partial charge < -0.3 is 14.4 Å². The molecule has 2 aliphatic heterocycles. The van der Waals surface area contributed by atoms with E-state index in [4.69, 9.17) is 9.47 Å². The lowest BCUT2D eigenvalue weighted by Crippen LogP contribution is -2.40. The highest BCUT2D eigenvalue weighted by Gasteiger charge is 2.37. The summed E-state index contributed by atoms with van der Waals surface area (Å²) in [4.78, 5) is 50.8. The van der Waals surface area contributed by atoms with Crippen molar-refractivity contribution in [1.82, 2.24) is 9.80 Å². The topological polar surface area (TPSA) is 119 Å². The van der Waals surface area contributed by atoms with E-state index in [0.717, 1.165) is 35.1 Å². The van der Waals surface area contributed by atoms with Crippen LogP contribution < -0.4 is 9.47 Å². The van der Waals surface area contributed by atoms with Crippen LogP contribution in [0.1, 0.15) is 24.0 Å². The van der Waals surface area contributed by atoms with Crippen molar-refractivity contribution in [3.63, 3.8) is 0 Å². The van der Waals surface area contributed by atoms with Crippen molar-refractivity contribution in [2.45, 2.75) is 19.4 Å². The number of amides is 3. The van der Waals surface area contributed by atoms with Crippen LogP contribution in [-0.2, 0) is 16.2 Å². The molecule has 11 heteroatoms. The highest BCUT2D eigenvalue weighted by atomic mass is 32.2. The zero-order valence-electron chi connectivity index (χ0n) is 19.0. The van der Waals surface area contributed by atoms with E-state index in [9.17, 15) is 24.5 Å². The summed E-state index contributed by atoms with van der Waals surface area (Å²) in [7, 11) is 1.50. The highest BCUT2D eigenvalue weighted by molar-refractivity contribution is 8.18. The summed E-state index contributed by atoms with van der Waals surface area (Å²) < 4.78 is 11.2. The smallest absolute Gasteiger partial charge is 0.294 e. The fraction of sp³-hybridized carbons (Fsp3) is 0.292. The van der Waals surface area contributed by atoms with Crippen LogP contribution in [0.2, 0.25) is 0 Å².